The van der Waals surface area contributed by atoms with Crippen molar-refractivity contribution in [3.8, 4) is 11.3 Å². The molecule has 0 radical (unpaired) electrons. The predicted molar refractivity (Wildman–Crippen MR) is 60.3 cm³/mol. The lowest BCUT2D eigenvalue weighted by atomic mass is 10.1. The molecule has 0 aliphatic carbocycles. The minimum absolute atomic E-state index is 0.0691. The molecule has 1 N–H and O–H groups in total. The summed E-state index contributed by atoms with van der Waals surface area (Å²) in [6.07, 6.45) is 1.80. The van der Waals surface area contributed by atoms with Gasteiger partial charge in [0.05, 0.1) is 12.3 Å². The van der Waals surface area contributed by atoms with Crippen LogP contribution in [-0.2, 0) is 6.61 Å². The summed E-state index contributed by atoms with van der Waals surface area (Å²) < 4.78 is 0. The van der Waals surface area contributed by atoms with Crippen LogP contribution < -0.4 is 0 Å². The zero-order chi connectivity index (χ0) is 10.7. The molecule has 2 aromatic rings. The Morgan fingerprint density at radius 1 is 1.20 bits per heavy atom. The van der Waals surface area contributed by atoms with Crippen molar-refractivity contribution in [1.82, 2.24) is 4.98 Å². The summed E-state index contributed by atoms with van der Waals surface area (Å²) in [7, 11) is 0. The fourth-order valence-corrected chi connectivity index (χ4v) is 1.52. The Morgan fingerprint density at radius 3 is 2.80 bits per heavy atom. The van der Waals surface area contributed by atoms with Gasteiger partial charge in [-0.2, -0.15) is 0 Å². The average Bonchev–Trinajstić information content (AvgIpc) is 2.29. The Kier molecular flexibility index (Phi) is 2.79. The average molecular weight is 199 g/mol. The molecule has 2 rings (SSSR count). The number of nitrogens with zero attached hydrogens (tertiary/aromatic N) is 1. The van der Waals surface area contributed by atoms with E-state index in [-0.39, 0.29) is 6.61 Å². The molecular weight excluding hydrogens is 186 g/mol. The van der Waals surface area contributed by atoms with Crippen LogP contribution in [0.25, 0.3) is 11.3 Å². The summed E-state index contributed by atoms with van der Waals surface area (Å²) in [5, 5.41) is 9.04. The van der Waals surface area contributed by atoms with Crippen LogP contribution in [0, 0.1) is 6.92 Å². The first-order valence-corrected chi connectivity index (χ1v) is 4.92. The summed E-state index contributed by atoms with van der Waals surface area (Å²) in [4.78, 5) is 4.30. The summed E-state index contributed by atoms with van der Waals surface area (Å²) in [5.41, 5.74) is 4.10. The van der Waals surface area contributed by atoms with E-state index < -0.39 is 0 Å². The third-order valence-electron chi connectivity index (χ3n) is 2.32. The maximum Gasteiger partial charge on any atom is 0.0704 e. The lowest BCUT2D eigenvalue weighted by Crippen LogP contribution is -1.87. The fourth-order valence-electron chi connectivity index (χ4n) is 1.52. The van der Waals surface area contributed by atoms with Crippen LogP contribution in [0.5, 0.6) is 0 Å². The van der Waals surface area contributed by atoms with Gasteiger partial charge in [0.25, 0.3) is 0 Å². The first kappa shape index (κ1) is 9.87. The van der Waals surface area contributed by atoms with Gasteiger partial charge in [-0.05, 0) is 36.2 Å². The number of hydrogen-bond acceptors (Lipinski definition) is 2. The smallest absolute Gasteiger partial charge is 0.0704 e. The maximum atomic E-state index is 9.04. The highest BCUT2D eigenvalue weighted by Crippen LogP contribution is 2.18. The van der Waals surface area contributed by atoms with E-state index >= 15 is 0 Å². The highest BCUT2D eigenvalue weighted by molar-refractivity contribution is 5.60. The molecule has 0 saturated heterocycles. The second kappa shape index (κ2) is 4.24. The molecule has 0 amide bonds. The maximum absolute atomic E-state index is 9.04. The lowest BCUT2D eigenvalue weighted by Gasteiger charge is -2.03. The van der Waals surface area contributed by atoms with Crippen LogP contribution in [0.2, 0.25) is 0 Å². The number of rotatable bonds is 2. The molecule has 0 unspecified atom stereocenters. The van der Waals surface area contributed by atoms with Crippen molar-refractivity contribution < 1.29 is 5.11 Å². The molecule has 0 atom stereocenters. The Hall–Kier alpha value is -1.67. The Morgan fingerprint density at radius 2 is 2.07 bits per heavy atom. The van der Waals surface area contributed by atoms with E-state index in [0.717, 1.165) is 16.8 Å². The quantitative estimate of drug-likeness (QED) is 0.806. The molecule has 1 aromatic heterocycles. The molecule has 0 aliphatic rings. The molecule has 0 fully saturated rings. The number of aliphatic hydroxyl groups is 1. The van der Waals surface area contributed by atoms with Gasteiger partial charge in [-0.1, -0.05) is 18.2 Å². The third-order valence-corrected chi connectivity index (χ3v) is 2.32. The second-order valence-corrected chi connectivity index (χ2v) is 3.58. The normalized spacial score (nSPS) is 10.3. The van der Waals surface area contributed by atoms with Crippen molar-refractivity contribution >= 4 is 0 Å². The molecule has 0 spiro atoms. The largest absolute Gasteiger partial charge is 0.392 e. The van der Waals surface area contributed by atoms with Crippen LogP contribution in [-0.4, -0.2) is 10.1 Å². The number of benzene rings is 1. The SMILES string of the molecule is Cc1ccnc(-c2cccc(CO)c2)c1. The first-order chi connectivity index (χ1) is 7.29. The topological polar surface area (TPSA) is 33.1 Å². The summed E-state index contributed by atoms with van der Waals surface area (Å²) >= 11 is 0. The van der Waals surface area contributed by atoms with Crippen LogP contribution in [0.15, 0.2) is 42.6 Å². The zero-order valence-corrected chi connectivity index (χ0v) is 8.64. The second-order valence-electron chi connectivity index (χ2n) is 3.58. The van der Waals surface area contributed by atoms with E-state index in [0.29, 0.717) is 0 Å². The van der Waals surface area contributed by atoms with Gasteiger partial charge in [-0.15, -0.1) is 0 Å². The van der Waals surface area contributed by atoms with Crippen LogP contribution in [0.1, 0.15) is 11.1 Å². The summed E-state index contributed by atoms with van der Waals surface area (Å²) in [6, 6.07) is 11.8. The summed E-state index contributed by atoms with van der Waals surface area (Å²) in [5.74, 6) is 0. The minimum Gasteiger partial charge on any atom is -0.392 e. The number of pyridine rings is 1. The molecular formula is C13H13NO. The Labute approximate surface area is 89.2 Å². The van der Waals surface area contributed by atoms with Crippen molar-refractivity contribution in [2.24, 2.45) is 0 Å². The highest BCUT2D eigenvalue weighted by Gasteiger charge is 1.99. The van der Waals surface area contributed by atoms with E-state index in [9.17, 15) is 0 Å². The Bertz CT molecular complexity index is 466. The fraction of sp³-hybridized carbons (Fsp3) is 0.154. The molecule has 1 heterocycles. The van der Waals surface area contributed by atoms with E-state index in [1.165, 1.54) is 5.56 Å². The van der Waals surface area contributed by atoms with Crippen LogP contribution in [0.4, 0.5) is 0 Å². The van der Waals surface area contributed by atoms with Gasteiger partial charge in [0.1, 0.15) is 0 Å². The molecule has 2 heteroatoms. The van der Waals surface area contributed by atoms with Crippen molar-refractivity contribution in [1.29, 1.82) is 0 Å². The monoisotopic (exact) mass is 199 g/mol. The van der Waals surface area contributed by atoms with E-state index in [2.05, 4.69) is 4.98 Å². The minimum atomic E-state index is 0.0691. The standard InChI is InChI=1S/C13H13NO/c1-10-5-6-14-13(7-10)12-4-2-3-11(8-12)9-15/h2-8,15H,9H2,1H3. The lowest BCUT2D eigenvalue weighted by molar-refractivity contribution is 0.282. The predicted octanol–water partition coefficient (Wildman–Crippen LogP) is 2.55. The number of hydrogen-bond donors (Lipinski definition) is 1. The number of aliphatic hydroxyl groups excluding tert-OH is 1. The van der Waals surface area contributed by atoms with Gasteiger partial charge in [0.2, 0.25) is 0 Å². The molecule has 0 saturated carbocycles. The van der Waals surface area contributed by atoms with Gasteiger partial charge in [0, 0.05) is 11.8 Å². The molecule has 0 bridgehead atoms. The van der Waals surface area contributed by atoms with Gasteiger partial charge < -0.3 is 5.11 Å². The van der Waals surface area contributed by atoms with E-state index in [1.807, 2.05) is 43.3 Å². The first-order valence-electron chi connectivity index (χ1n) is 4.92. The Balaban J connectivity index is 2.44. The molecule has 2 nitrogen and oxygen atoms in total. The van der Waals surface area contributed by atoms with Gasteiger partial charge >= 0.3 is 0 Å². The van der Waals surface area contributed by atoms with Gasteiger partial charge in [-0.25, -0.2) is 0 Å². The van der Waals surface area contributed by atoms with Crippen molar-refractivity contribution in [3.05, 3.63) is 53.7 Å². The third kappa shape index (κ3) is 2.22. The molecule has 0 aliphatic heterocycles. The molecule has 15 heavy (non-hydrogen) atoms. The van der Waals surface area contributed by atoms with E-state index in [1.54, 1.807) is 6.20 Å². The summed E-state index contributed by atoms with van der Waals surface area (Å²) in [6.45, 7) is 2.11. The van der Waals surface area contributed by atoms with Crippen LogP contribution in [0.3, 0.4) is 0 Å². The van der Waals surface area contributed by atoms with Crippen molar-refractivity contribution in [3.63, 3.8) is 0 Å². The molecule has 1 aromatic carbocycles. The zero-order valence-electron chi connectivity index (χ0n) is 8.64. The van der Waals surface area contributed by atoms with Crippen molar-refractivity contribution in [2.75, 3.05) is 0 Å². The van der Waals surface area contributed by atoms with Gasteiger partial charge in [-0.3, -0.25) is 4.98 Å². The van der Waals surface area contributed by atoms with E-state index in [4.69, 9.17) is 5.11 Å². The van der Waals surface area contributed by atoms with Gasteiger partial charge in [0.15, 0.2) is 0 Å². The highest BCUT2D eigenvalue weighted by atomic mass is 16.3. The number of aryl methyl sites for hydroxylation is 1. The van der Waals surface area contributed by atoms with Crippen molar-refractivity contribution in [2.45, 2.75) is 13.5 Å². The molecule has 76 valence electrons. The number of aromatic nitrogens is 1. The van der Waals surface area contributed by atoms with Crippen LogP contribution >= 0.6 is 0 Å².